The number of hydrogen-bond acceptors (Lipinski definition) is 5. The van der Waals surface area contributed by atoms with Gasteiger partial charge in [0.05, 0.1) is 6.61 Å². The van der Waals surface area contributed by atoms with Gasteiger partial charge >= 0.3 is 0 Å². The highest BCUT2D eigenvalue weighted by molar-refractivity contribution is 5.76. The molecule has 1 fully saturated rings. The molecule has 0 spiro atoms. The maximum atomic E-state index is 12.3. The molecule has 1 heterocycles. The second-order valence-electron chi connectivity index (χ2n) is 7.46. The Morgan fingerprint density at radius 1 is 1.36 bits per heavy atom. The van der Waals surface area contributed by atoms with E-state index in [9.17, 15) is 9.59 Å². The molecule has 1 saturated carbocycles. The highest BCUT2D eigenvalue weighted by atomic mass is 16.5. The van der Waals surface area contributed by atoms with E-state index in [1.807, 2.05) is 38.1 Å². The number of carbonyl (C=O) groups excluding carboxylic acids is 1. The van der Waals surface area contributed by atoms with Gasteiger partial charge in [-0.1, -0.05) is 25.5 Å². The summed E-state index contributed by atoms with van der Waals surface area (Å²) in [6.07, 6.45) is 5.09. The summed E-state index contributed by atoms with van der Waals surface area (Å²) in [7, 11) is 0. The van der Waals surface area contributed by atoms with Gasteiger partial charge in [-0.15, -0.1) is 10.2 Å². The quantitative estimate of drug-likeness (QED) is 0.693. The van der Waals surface area contributed by atoms with E-state index in [-0.39, 0.29) is 36.0 Å². The number of aromatic nitrogens is 3. The number of aromatic amines is 1. The first-order valence-electron chi connectivity index (χ1n) is 10.0. The van der Waals surface area contributed by atoms with Gasteiger partial charge in [-0.2, -0.15) is 0 Å². The Bertz CT molecular complexity index is 861. The molecular formula is C21H28N4O3. The van der Waals surface area contributed by atoms with E-state index in [1.165, 1.54) is 19.3 Å². The fourth-order valence-electron chi connectivity index (χ4n) is 2.94. The third-order valence-electron chi connectivity index (χ3n) is 5.19. The Morgan fingerprint density at radius 3 is 2.86 bits per heavy atom. The minimum Gasteiger partial charge on any atom is -0.493 e. The largest absolute Gasteiger partial charge is 0.493 e. The number of hydrogen-bond donors (Lipinski definition) is 2. The first kappa shape index (κ1) is 20.0. The van der Waals surface area contributed by atoms with E-state index >= 15 is 0 Å². The van der Waals surface area contributed by atoms with Gasteiger partial charge in [0.25, 0.3) is 5.56 Å². The van der Waals surface area contributed by atoms with Gasteiger partial charge in [0.1, 0.15) is 11.4 Å². The summed E-state index contributed by atoms with van der Waals surface area (Å²) < 4.78 is 5.85. The molecule has 1 amide bonds. The number of aryl methyl sites for hydroxylation is 1. The minimum absolute atomic E-state index is 0.0871. The zero-order chi connectivity index (χ0) is 19.9. The molecule has 7 heteroatoms. The predicted octanol–water partition coefficient (Wildman–Crippen LogP) is 2.86. The van der Waals surface area contributed by atoms with Crippen LogP contribution in [0.2, 0.25) is 0 Å². The molecule has 3 rings (SSSR count). The Morgan fingerprint density at radius 2 is 2.18 bits per heavy atom. The van der Waals surface area contributed by atoms with E-state index in [0.717, 1.165) is 24.3 Å². The van der Waals surface area contributed by atoms with Crippen molar-refractivity contribution in [3.8, 4) is 17.1 Å². The summed E-state index contributed by atoms with van der Waals surface area (Å²) in [5, 5.41) is 11.1. The summed E-state index contributed by atoms with van der Waals surface area (Å²) >= 11 is 0. The molecule has 2 N–H and O–H groups in total. The number of ether oxygens (including phenoxy) is 1. The van der Waals surface area contributed by atoms with E-state index in [2.05, 4.69) is 20.5 Å². The topological polar surface area (TPSA) is 97.0 Å². The molecule has 150 valence electrons. The first-order valence-corrected chi connectivity index (χ1v) is 10.0. The van der Waals surface area contributed by atoms with Gasteiger partial charge in [-0.25, -0.2) is 0 Å². The van der Waals surface area contributed by atoms with Crippen LogP contribution >= 0.6 is 0 Å². The Kier molecular flexibility index (Phi) is 6.79. The van der Waals surface area contributed by atoms with Crippen LogP contribution < -0.4 is 15.6 Å². The third-order valence-corrected chi connectivity index (χ3v) is 5.19. The molecule has 28 heavy (non-hydrogen) atoms. The van der Waals surface area contributed by atoms with E-state index in [0.29, 0.717) is 11.7 Å². The van der Waals surface area contributed by atoms with Crippen molar-refractivity contribution in [3.63, 3.8) is 0 Å². The molecule has 0 aliphatic heterocycles. The first-order chi connectivity index (χ1) is 13.5. The van der Waals surface area contributed by atoms with Crippen molar-refractivity contribution in [1.82, 2.24) is 20.5 Å². The highest BCUT2D eigenvalue weighted by Gasteiger charge is 2.18. The zero-order valence-corrected chi connectivity index (χ0v) is 16.5. The Hall–Kier alpha value is -2.70. The van der Waals surface area contributed by atoms with Gasteiger partial charge < -0.3 is 15.0 Å². The molecule has 1 aromatic heterocycles. The maximum Gasteiger partial charge on any atom is 0.273 e. The fraction of sp³-hybridized carbons (Fsp3) is 0.524. The normalized spacial score (nSPS) is 14.9. The fourth-order valence-corrected chi connectivity index (χ4v) is 2.94. The van der Waals surface area contributed by atoms with Crippen molar-refractivity contribution in [2.45, 2.75) is 58.4 Å². The van der Waals surface area contributed by atoms with Gasteiger partial charge in [-0.05, 0) is 44.2 Å². The molecule has 0 radical (unpaired) electrons. The molecule has 1 atom stereocenters. The SMILES string of the molecule is CC[C@@H](C)NC(=O)CCc1nnc(-c2cccc(OCC3CCC3)c2)[nH]c1=O. The summed E-state index contributed by atoms with van der Waals surface area (Å²) in [5.74, 6) is 1.72. The lowest BCUT2D eigenvalue weighted by molar-refractivity contribution is -0.121. The van der Waals surface area contributed by atoms with Crippen molar-refractivity contribution in [2.24, 2.45) is 5.92 Å². The number of nitrogens with zero attached hydrogens (tertiary/aromatic N) is 2. The van der Waals surface area contributed by atoms with Crippen molar-refractivity contribution in [3.05, 3.63) is 40.3 Å². The number of benzene rings is 1. The summed E-state index contributed by atoms with van der Waals surface area (Å²) in [5.41, 5.74) is 0.694. The molecule has 1 aliphatic rings. The molecular weight excluding hydrogens is 356 g/mol. The van der Waals surface area contributed by atoms with E-state index in [4.69, 9.17) is 4.74 Å². The van der Waals surface area contributed by atoms with Crippen LogP contribution in [0.25, 0.3) is 11.4 Å². The van der Waals surface area contributed by atoms with Crippen LogP contribution in [0.4, 0.5) is 0 Å². The molecule has 2 aromatic rings. The number of amides is 1. The lowest BCUT2D eigenvalue weighted by atomic mass is 9.86. The van der Waals surface area contributed by atoms with Crippen LogP contribution in [0.5, 0.6) is 5.75 Å². The van der Waals surface area contributed by atoms with Crippen molar-refractivity contribution >= 4 is 5.91 Å². The van der Waals surface area contributed by atoms with Crippen molar-refractivity contribution in [2.75, 3.05) is 6.61 Å². The number of rotatable bonds is 9. The van der Waals surface area contributed by atoms with E-state index in [1.54, 1.807) is 0 Å². The average Bonchev–Trinajstić information content (AvgIpc) is 2.66. The maximum absolute atomic E-state index is 12.3. The molecule has 1 aliphatic carbocycles. The number of H-pyrrole nitrogens is 1. The molecule has 0 saturated heterocycles. The second-order valence-corrected chi connectivity index (χ2v) is 7.46. The number of carbonyl (C=O) groups is 1. The van der Waals surface area contributed by atoms with Crippen molar-refractivity contribution in [1.29, 1.82) is 0 Å². The standard InChI is InChI=1S/C21H28N4O3/c1-3-14(2)22-19(26)11-10-18-21(27)23-20(25-24-18)16-8-5-9-17(12-16)28-13-15-6-4-7-15/h5,8-9,12,14-15H,3-4,6-7,10-11,13H2,1-2H3,(H,22,26)(H,23,25,27)/t14-/m1/s1. The van der Waals surface area contributed by atoms with E-state index < -0.39 is 0 Å². The van der Waals surface area contributed by atoms with Crippen LogP contribution in [0, 0.1) is 5.92 Å². The van der Waals surface area contributed by atoms with Crippen LogP contribution in [0.15, 0.2) is 29.1 Å². The predicted molar refractivity (Wildman–Crippen MR) is 107 cm³/mol. The van der Waals surface area contributed by atoms with Crippen LogP contribution in [0.3, 0.4) is 0 Å². The van der Waals surface area contributed by atoms with Crippen LogP contribution in [-0.2, 0) is 11.2 Å². The monoisotopic (exact) mass is 384 g/mol. The van der Waals surface area contributed by atoms with Gasteiger partial charge in [-0.3, -0.25) is 9.59 Å². The second kappa shape index (κ2) is 9.48. The summed E-state index contributed by atoms with van der Waals surface area (Å²) in [6.45, 7) is 4.68. The van der Waals surface area contributed by atoms with Gasteiger partial charge in [0.2, 0.25) is 5.91 Å². The highest BCUT2D eigenvalue weighted by Crippen LogP contribution is 2.28. The molecule has 7 nitrogen and oxygen atoms in total. The summed E-state index contributed by atoms with van der Waals surface area (Å²) in [6, 6.07) is 7.61. The van der Waals surface area contributed by atoms with Crippen LogP contribution in [0.1, 0.15) is 51.6 Å². The van der Waals surface area contributed by atoms with Crippen LogP contribution in [-0.4, -0.2) is 33.7 Å². The average molecular weight is 384 g/mol. The lowest BCUT2D eigenvalue weighted by Crippen LogP contribution is -2.32. The third kappa shape index (κ3) is 5.41. The summed E-state index contributed by atoms with van der Waals surface area (Å²) in [4.78, 5) is 27.0. The Labute approximate surface area is 164 Å². The van der Waals surface area contributed by atoms with Gasteiger partial charge in [0, 0.05) is 24.4 Å². The molecule has 0 bridgehead atoms. The molecule has 0 unspecified atom stereocenters. The smallest absolute Gasteiger partial charge is 0.273 e. The number of nitrogens with one attached hydrogen (secondary N) is 2. The lowest BCUT2D eigenvalue weighted by Gasteiger charge is -2.25. The zero-order valence-electron chi connectivity index (χ0n) is 16.5. The Balaban J connectivity index is 1.61. The molecule has 1 aromatic carbocycles. The minimum atomic E-state index is -0.317. The van der Waals surface area contributed by atoms with Gasteiger partial charge in [0.15, 0.2) is 5.82 Å². The van der Waals surface area contributed by atoms with Crippen molar-refractivity contribution < 1.29 is 9.53 Å².